The molecule has 3 aromatic carbocycles. The van der Waals surface area contributed by atoms with Crippen molar-refractivity contribution in [2.24, 2.45) is 0 Å². The number of piperazine rings is 1. The second-order valence-electron chi connectivity index (χ2n) is 8.85. The molecule has 0 aliphatic carbocycles. The third-order valence-corrected chi connectivity index (χ3v) is 6.52. The number of hydrogen-bond acceptors (Lipinski definition) is 5. The first kappa shape index (κ1) is 22.8. The molecule has 5 rings (SSSR count). The Hall–Kier alpha value is -3.97. The lowest BCUT2D eigenvalue weighted by atomic mass is 10.0. The van der Waals surface area contributed by atoms with E-state index in [0.29, 0.717) is 43.8 Å². The van der Waals surface area contributed by atoms with Crippen LogP contribution in [0, 0.1) is 6.92 Å². The number of amides is 1. The molecule has 1 saturated heterocycles. The first-order chi connectivity index (χ1) is 17.0. The third-order valence-electron chi connectivity index (χ3n) is 6.52. The van der Waals surface area contributed by atoms with E-state index in [0.717, 1.165) is 22.4 Å². The molecule has 7 heteroatoms. The van der Waals surface area contributed by atoms with Crippen LogP contribution in [0.2, 0.25) is 0 Å². The fourth-order valence-electron chi connectivity index (χ4n) is 4.45. The van der Waals surface area contributed by atoms with E-state index >= 15 is 0 Å². The van der Waals surface area contributed by atoms with Crippen LogP contribution in [0.3, 0.4) is 0 Å². The predicted octanol–water partition coefficient (Wildman–Crippen LogP) is 3.80. The Morgan fingerprint density at radius 1 is 0.886 bits per heavy atom. The van der Waals surface area contributed by atoms with Gasteiger partial charge in [0, 0.05) is 42.7 Å². The van der Waals surface area contributed by atoms with E-state index in [4.69, 9.17) is 9.84 Å². The van der Waals surface area contributed by atoms with Gasteiger partial charge in [0.1, 0.15) is 5.75 Å². The maximum absolute atomic E-state index is 13.2. The molecule has 2 heterocycles. The first-order valence-corrected chi connectivity index (χ1v) is 11.8. The predicted molar refractivity (Wildman–Crippen MR) is 137 cm³/mol. The van der Waals surface area contributed by atoms with Gasteiger partial charge in [-0.25, -0.2) is 4.68 Å². The van der Waals surface area contributed by atoms with E-state index in [9.17, 15) is 9.59 Å². The topological polar surface area (TPSA) is 67.7 Å². The molecule has 0 N–H and O–H groups in total. The highest BCUT2D eigenvalue weighted by Crippen LogP contribution is 2.25. The van der Waals surface area contributed by atoms with Crippen molar-refractivity contribution in [2.75, 3.05) is 33.3 Å². The smallest absolute Gasteiger partial charge is 0.275 e. The van der Waals surface area contributed by atoms with Crippen molar-refractivity contribution in [2.45, 2.75) is 13.6 Å². The van der Waals surface area contributed by atoms with Crippen molar-refractivity contribution >= 4 is 16.7 Å². The number of aryl methyl sites for hydroxylation is 1. The van der Waals surface area contributed by atoms with Gasteiger partial charge in [0.25, 0.3) is 11.5 Å². The third kappa shape index (κ3) is 4.68. The molecule has 35 heavy (non-hydrogen) atoms. The van der Waals surface area contributed by atoms with Gasteiger partial charge in [-0.05, 0) is 37.3 Å². The van der Waals surface area contributed by atoms with Gasteiger partial charge in [-0.2, -0.15) is 5.10 Å². The molecule has 0 bridgehead atoms. The average molecular weight is 469 g/mol. The lowest BCUT2D eigenvalue weighted by Crippen LogP contribution is -2.50. The molecule has 1 amide bonds. The van der Waals surface area contributed by atoms with Crippen LogP contribution in [0.1, 0.15) is 15.9 Å². The Labute approximate surface area is 204 Å². The van der Waals surface area contributed by atoms with Crippen molar-refractivity contribution < 1.29 is 9.53 Å². The van der Waals surface area contributed by atoms with Crippen LogP contribution in [0.5, 0.6) is 5.75 Å². The van der Waals surface area contributed by atoms with Crippen molar-refractivity contribution in [3.8, 4) is 17.0 Å². The Kier molecular flexibility index (Phi) is 6.33. The van der Waals surface area contributed by atoms with Crippen LogP contribution < -0.4 is 10.3 Å². The Morgan fingerprint density at radius 2 is 1.54 bits per heavy atom. The van der Waals surface area contributed by atoms with Gasteiger partial charge < -0.3 is 9.64 Å². The summed E-state index contributed by atoms with van der Waals surface area (Å²) in [6, 6.07) is 23.0. The van der Waals surface area contributed by atoms with Gasteiger partial charge in [0.15, 0.2) is 0 Å². The summed E-state index contributed by atoms with van der Waals surface area (Å²) in [6.45, 7) is 4.96. The van der Waals surface area contributed by atoms with Gasteiger partial charge in [0.2, 0.25) is 0 Å². The molecule has 0 atom stereocenters. The summed E-state index contributed by atoms with van der Waals surface area (Å²) >= 11 is 0. The molecule has 178 valence electrons. The largest absolute Gasteiger partial charge is 0.497 e. The summed E-state index contributed by atoms with van der Waals surface area (Å²) in [4.78, 5) is 30.2. The lowest BCUT2D eigenvalue weighted by molar-refractivity contribution is 0.0583. The van der Waals surface area contributed by atoms with E-state index in [1.54, 1.807) is 36.1 Å². The first-order valence-electron chi connectivity index (χ1n) is 11.8. The van der Waals surface area contributed by atoms with Gasteiger partial charge in [0.05, 0.1) is 24.9 Å². The molecule has 7 nitrogen and oxygen atoms in total. The number of carbonyl (C=O) groups is 1. The Morgan fingerprint density at radius 3 is 2.20 bits per heavy atom. The van der Waals surface area contributed by atoms with Crippen LogP contribution in [-0.2, 0) is 6.67 Å². The number of nitrogens with zero attached hydrogens (tertiary/aromatic N) is 4. The van der Waals surface area contributed by atoms with Crippen LogP contribution in [0.4, 0.5) is 0 Å². The van der Waals surface area contributed by atoms with E-state index in [-0.39, 0.29) is 11.5 Å². The summed E-state index contributed by atoms with van der Waals surface area (Å²) in [6.07, 6.45) is 0. The minimum Gasteiger partial charge on any atom is -0.497 e. The fraction of sp³-hybridized carbons (Fsp3) is 0.250. The average Bonchev–Trinajstić information content (AvgIpc) is 2.91. The van der Waals surface area contributed by atoms with Gasteiger partial charge in [-0.1, -0.05) is 48.0 Å². The highest BCUT2D eigenvalue weighted by molar-refractivity contribution is 5.94. The number of hydrogen-bond donors (Lipinski definition) is 0. The number of benzene rings is 3. The number of fused-ring (bicyclic) bond motifs is 1. The number of methoxy groups -OCH3 is 1. The zero-order valence-electron chi connectivity index (χ0n) is 20.0. The monoisotopic (exact) mass is 468 g/mol. The van der Waals surface area contributed by atoms with E-state index in [1.165, 1.54) is 5.56 Å². The van der Waals surface area contributed by atoms with Crippen molar-refractivity contribution in [3.63, 3.8) is 0 Å². The van der Waals surface area contributed by atoms with Crippen molar-refractivity contribution in [1.29, 1.82) is 0 Å². The summed E-state index contributed by atoms with van der Waals surface area (Å²) in [5.41, 5.74) is 3.50. The second kappa shape index (κ2) is 9.72. The minimum atomic E-state index is -0.104. The van der Waals surface area contributed by atoms with Crippen LogP contribution in [-0.4, -0.2) is 58.8 Å². The quantitative estimate of drug-likeness (QED) is 0.446. The Balaban J connectivity index is 1.35. The molecule has 4 aromatic rings. The second-order valence-corrected chi connectivity index (χ2v) is 8.85. The molecule has 0 spiro atoms. The molecular formula is C28H28N4O3. The maximum Gasteiger partial charge on any atom is 0.275 e. The standard InChI is InChI=1S/C28H28N4O3/c1-20-7-9-21(10-8-20)26-24-5-3-4-6-25(24)28(34)32(29-26)19-30-15-17-31(18-16-30)27(33)22-11-13-23(35-2)14-12-22/h3-14H,15-19H2,1-2H3. The van der Waals surface area contributed by atoms with Gasteiger partial charge >= 0.3 is 0 Å². The van der Waals surface area contributed by atoms with Crippen LogP contribution in [0.15, 0.2) is 77.6 Å². The number of rotatable bonds is 5. The van der Waals surface area contributed by atoms with E-state index in [1.807, 2.05) is 41.3 Å². The molecule has 0 saturated carbocycles. The van der Waals surface area contributed by atoms with E-state index in [2.05, 4.69) is 24.0 Å². The SMILES string of the molecule is COc1ccc(C(=O)N2CCN(Cn3nc(-c4ccc(C)cc4)c4ccccc4c3=O)CC2)cc1. The number of aromatic nitrogens is 2. The molecule has 0 unspecified atom stereocenters. The lowest BCUT2D eigenvalue weighted by Gasteiger charge is -2.34. The Bertz CT molecular complexity index is 1400. The minimum absolute atomic E-state index is 0.00922. The highest BCUT2D eigenvalue weighted by Gasteiger charge is 2.23. The molecule has 1 aliphatic heterocycles. The fourth-order valence-corrected chi connectivity index (χ4v) is 4.45. The molecule has 1 fully saturated rings. The summed E-state index contributed by atoms with van der Waals surface area (Å²) < 4.78 is 6.73. The molecular weight excluding hydrogens is 440 g/mol. The summed E-state index contributed by atoms with van der Waals surface area (Å²) in [7, 11) is 1.61. The molecule has 1 aliphatic rings. The molecule has 1 aromatic heterocycles. The zero-order valence-corrected chi connectivity index (χ0v) is 20.0. The highest BCUT2D eigenvalue weighted by atomic mass is 16.5. The number of ether oxygens (including phenoxy) is 1. The molecule has 0 radical (unpaired) electrons. The van der Waals surface area contributed by atoms with Crippen molar-refractivity contribution in [1.82, 2.24) is 19.6 Å². The van der Waals surface area contributed by atoms with Crippen molar-refractivity contribution in [3.05, 3.63) is 94.3 Å². The number of carbonyl (C=O) groups excluding carboxylic acids is 1. The van der Waals surface area contributed by atoms with Crippen LogP contribution >= 0.6 is 0 Å². The zero-order chi connectivity index (χ0) is 24.4. The van der Waals surface area contributed by atoms with Gasteiger partial charge in [-0.3, -0.25) is 14.5 Å². The summed E-state index contributed by atoms with van der Waals surface area (Å²) in [5, 5.41) is 6.30. The normalized spacial score (nSPS) is 14.3. The van der Waals surface area contributed by atoms with Crippen LogP contribution in [0.25, 0.3) is 22.0 Å². The maximum atomic E-state index is 13.2. The van der Waals surface area contributed by atoms with E-state index < -0.39 is 0 Å². The van der Waals surface area contributed by atoms with Gasteiger partial charge in [-0.15, -0.1) is 0 Å². The summed E-state index contributed by atoms with van der Waals surface area (Å²) in [5.74, 6) is 0.736.